The predicted molar refractivity (Wildman–Crippen MR) is 82.4 cm³/mol. The van der Waals surface area contributed by atoms with Crippen LogP contribution < -0.4 is 5.32 Å². The van der Waals surface area contributed by atoms with Crippen LogP contribution in [0.25, 0.3) is 0 Å². The Balaban J connectivity index is 0.00000200. The van der Waals surface area contributed by atoms with Crippen molar-refractivity contribution in [2.24, 2.45) is 0 Å². The summed E-state index contributed by atoms with van der Waals surface area (Å²) >= 11 is 0. The van der Waals surface area contributed by atoms with E-state index in [-0.39, 0.29) is 29.1 Å². The highest BCUT2D eigenvalue weighted by molar-refractivity contribution is 5.85. The van der Waals surface area contributed by atoms with Crippen LogP contribution in [-0.2, 0) is 0 Å². The van der Waals surface area contributed by atoms with Gasteiger partial charge < -0.3 is 5.32 Å². The van der Waals surface area contributed by atoms with E-state index in [2.05, 4.69) is 17.1 Å². The number of benzene rings is 1. The third-order valence-electron chi connectivity index (χ3n) is 3.99. The lowest BCUT2D eigenvalue weighted by molar-refractivity contribution is -0.386. The van der Waals surface area contributed by atoms with Crippen LogP contribution in [0.15, 0.2) is 24.3 Å². The molecule has 0 aromatic heterocycles. The molecule has 2 atom stereocenters. The number of rotatable bonds is 4. The number of halogens is 1. The van der Waals surface area contributed by atoms with E-state index in [9.17, 15) is 10.1 Å². The number of nitro groups is 1. The molecule has 1 fully saturated rings. The summed E-state index contributed by atoms with van der Waals surface area (Å²) in [6.07, 6.45) is 2.31. The Labute approximate surface area is 125 Å². The van der Waals surface area contributed by atoms with Crippen LogP contribution in [0.5, 0.6) is 0 Å². The van der Waals surface area contributed by atoms with Crippen molar-refractivity contribution in [3.8, 4) is 0 Å². The van der Waals surface area contributed by atoms with Crippen LogP contribution in [0.2, 0.25) is 0 Å². The molecule has 1 aromatic rings. The van der Waals surface area contributed by atoms with Crippen molar-refractivity contribution in [1.82, 2.24) is 10.2 Å². The Hall–Kier alpha value is -1.17. The first-order valence-corrected chi connectivity index (χ1v) is 6.78. The molecule has 0 spiro atoms. The van der Waals surface area contributed by atoms with E-state index in [1.54, 1.807) is 12.1 Å². The normalized spacial score (nSPS) is 21.0. The maximum atomic E-state index is 11.1. The van der Waals surface area contributed by atoms with Crippen LogP contribution in [0.1, 0.15) is 31.4 Å². The zero-order valence-electron chi connectivity index (χ0n) is 11.9. The van der Waals surface area contributed by atoms with Gasteiger partial charge in [0.05, 0.1) is 4.92 Å². The number of para-hydroxylation sites is 1. The molecule has 1 heterocycles. The standard InChI is InChI=1S/C14H21N3O2.ClH/c1-11(16-9-5-6-12(10-16)15-2)13-7-3-4-8-14(13)17(18)19;/h3-4,7-8,11-12,15H,5-6,9-10H2,1-2H3;1H. The van der Waals surface area contributed by atoms with Gasteiger partial charge in [-0.15, -0.1) is 12.4 Å². The lowest BCUT2D eigenvalue weighted by Crippen LogP contribution is -2.45. The molecule has 0 amide bonds. The molecule has 1 saturated heterocycles. The third kappa shape index (κ3) is 3.69. The van der Waals surface area contributed by atoms with Crippen LogP contribution in [0.3, 0.4) is 0 Å². The summed E-state index contributed by atoms with van der Waals surface area (Å²) in [5, 5.41) is 14.4. The molecule has 2 rings (SSSR count). The fourth-order valence-electron chi connectivity index (χ4n) is 2.80. The van der Waals surface area contributed by atoms with Gasteiger partial charge >= 0.3 is 0 Å². The average Bonchev–Trinajstić information content (AvgIpc) is 2.46. The molecule has 112 valence electrons. The molecule has 1 N–H and O–H groups in total. The quantitative estimate of drug-likeness (QED) is 0.686. The first kappa shape index (κ1) is 16.9. The topological polar surface area (TPSA) is 58.4 Å². The fraction of sp³-hybridized carbons (Fsp3) is 0.571. The van der Waals surface area contributed by atoms with Gasteiger partial charge in [0.1, 0.15) is 0 Å². The second kappa shape index (κ2) is 7.57. The number of hydrogen-bond donors (Lipinski definition) is 1. The van der Waals surface area contributed by atoms with Gasteiger partial charge in [0.2, 0.25) is 0 Å². The number of likely N-dealkylation sites (tertiary alicyclic amines) is 1. The molecule has 1 aromatic carbocycles. The zero-order valence-corrected chi connectivity index (χ0v) is 12.7. The van der Waals surface area contributed by atoms with Crippen molar-refractivity contribution >= 4 is 18.1 Å². The number of nitrogens with one attached hydrogen (secondary N) is 1. The first-order valence-electron chi connectivity index (χ1n) is 6.78. The van der Waals surface area contributed by atoms with Gasteiger partial charge in [-0.1, -0.05) is 18.2 Å². The fourth-order valence-corrected chi connectivity index (χ4v) is 2.80. The molecule has 2 unspecified atom stereocenters. The summed E-state index contributed by atoms with van der Waals surface area (Å²) in [6.45, 7) is 4.01. The highest BCUT2D eigenvalue weighted by atomic mass is 35.5. The van der Waals surface area contributed by atoms with Crippen LogP contribution in [-0.4, -0.2) is 36.0 Å². The summed E-state index contributed by atoms with van der Waals surface area (Å²) in [5.74, 6) is 0. The summed E-state index contributed by atoms with van der Waals surface area (Å²) in [6, 6.07) is 7.62. The number of nitrogens with zero attached hydrogens (tertiary/aromatic N) is 2. The average molecular weight is 300 g/mol. The maximum absolute atomic E-state index is 11.1. The molecule has 20 heavy (non-hydrogen) atoms. The minimum Gasteiger partial charge on any atom is -0.316 e. The Morgan fingerprint density at radius 2 is 2.15 bits per heavy atom. The largest absolute Gasteiger partial charge is 0.316 e. The van der Waals surface area contributed by atoms with E-state index in [0.717, 1.165) is 25.1 Å². The molecule has 1 aliphatic rings. The predicted octanol–water partition coefficient (Wildman–Crippen LogP) is 2.76. The van der Waals surface area contributed by atoms with Crippen molar-refractivity contribution in [2.45, 2.75) is 31.8 Å². The van der Waals surface area contributed by atoms with Crippen molar-refractivity contribution in [2.75, 3.05) is 20.1 Å². The number of hydrogen-bond acceptors (Lipinski definition) is 4. The highest BCUT2D eigenvalue weighted by Crippen LogP contribution is 2.30. The SMILES string of the molecule is CNC1CCCN(C(C)c2ccccc2[N+](=O)[O-])C1.Cl. The van der Waals surface area contributed by atoms with E-state index in [4.69, 9.17) is 0 Å². The second-order valence-corrected chi connectivity index (χ2v) is 5.11. The van der Waals surface area contributed by atoms with Crippen LogP contribution in [0, 0.1) is 10.1 Å². The van der Waals surface area contributed by atoms with Crippen LogP contribution in [0.4, 0.5) is 5.69 Å². The lowest BCUT2D eigenvalue weighted by atomic mass is 9.99. The molecule has 0 saturated carbocycles. The Bertz CT molecular complexity index is 456. The van der Waals surface area contributed by atoms with Gasteiger partial charge in [0.25, 0.3) is 5.69 Å². The van der Waals surface area contributed by atoms with Gasteiger partial charge in [0, 0.05) is 30.3 Å². The first-order chi connectivity index (χ1) is 9.13. The zero-order chi connectivity index (χ0) is 13.8. The Morgan fingerprint density at radius 1 is 1.45 bits per heavy atom. The maximum Gasteiger partial charge on any atom is 0.274 e. The number of piperidine rings is 1. The van der Waals surface area contributed by atoms with Gasteiger partial charge in [-0.2, -0.15) is 0 Å². The molecule has 0 bridgehead atoms. The van der Waals surface area contributed by atoms with Gasteiger partial charge in [-0.25, -0.2) is 0 Å². The second-order valence-electron chi connectivity index (χ2n) is 5.11. The third-order valence-corrected chi connectivity index (χ3v) is 3.99. The molecule has 6 heteroatoms. The van der Waals surface area contributed by atoms with Crippen molar-refractivity contribution in [3.05, 3.63) is 39.9 Å². The van der Waals surface area contributed by atoms with E-state index >= 15 is 0 Å². The minimum absolute atomic E-state index is 0. The summed E-state index contributed by atoms with van der Waals surface area (Å²) in [4.78, 5) is 13.1. The smallest absolute Gasteiger partial charge is 0.274 e. The Kier molecular flexibility index (Phi) is 6.39. The van der Waals surface area contributed by atoms with Crippen molar-refractivity contribution in [3.63, 3.8) is 0 Å². The summed E-state index contributed by atoms with van der Waals surface area (Å²) in [7, 11) is 1.98. The molecular formula is C14H22ClN3O2. The minimum atomic E-state index is -0.286. The van der Waals surface area contributed by atoms with Gasteiger partial charge in [-0.3, -0.25) is 15.0 Å². The lowest BCUT2D eigenvalue weighted by Gasteiger charge is -2.36. The molecule has 1 aliphatic heterocycles. The molecular weight excluding hydrogens is 278 g/mol. The summed E-state index contributed by atoms with van der Waals surface area (Å²) < 4.78 is 0. The van der Waals surface area contributed by atoms with Crippen LogP contribution >= 0.6 is 12.4 Å². The summed E-state index contributed by atoms with van der Waals surface area (Å²) in [5.41, 5.74) is 1.03. The molecule has 0 aliphatic carbocycles. The Morgan fingerprint density at radius 3 is 2.80 bits per heavy atom. The monoisotopic (exact) mass is 299 g/mol. The number of likely N-dealkylation sites (N-methyl/N-ethyl adjacent to an activating group) is 1. The highest BCUT2D eigenvalue weighted by Gasteiger charge is 2.27. The van der Waals surface area contributed by atoms with Gasteiger partial charge in [0.15, 0.2) is 0 Å². The van der Waals surface area contributed by atoms with Gasteiger partial charge in [-0.05, 0) is 33.4 Å². The van der Waals surface area contributed by atoms with Crippen molar-refractivity contribution in [1.29, 1.82) is 0 Å². The molecule has 0 radical (unpaired) electrons. The molecule has 5 nitrogen and oxygen atoms in total. The van der Waals surface area contributed by atoms with E-state index < -0.39 is 0 Å². The van der Waals surface area contributed by atoms with Crippen molar-refractivity contribution < 1.29 is 4.92 Å². The van der Waals surface area contributed by atoms with E-state index in [1.165, 1.54) is 6.42 Å². The van der Waals surface area contributed by atoms with E-state index in [0.29, 0.717) is 6.04 Å². The van der Waals surface area contributed by atoms with E-state index in [1.807, 2.05) is 19.2 Å². The number of nitro benzene ring substituents is 1.